The van der Waals surface area contributed by atoms with E-state index in [2.05, 4.69) is 26.0 Å². The van der Waals surface area contributed by atoms with E-state index in [1.165, 1.54) is 16.9 Å². The Morgan fingerprint density at radius 3 is 2.56 bits per heavy atom. The molecule has 2 fully saturated rings. The molecule has 2 aliphatic heterocycles. The molecule has 5 rings (SSSR count). The third-order valence-electron chi connectivity index (χ3n) is 7.22. The van der Waals surface area contributed by atoms with Crippen LogP contribution < -0.4 is 4.90 Å². The Balaban J connectivity index is 1.41. The summed E-state index contributed by atoms with van der Waals surface area (Å²) in [7, 11) is -3.56. The standard InChI is InChI=1S/C27H33N3O4S2/c1-3-20-6-11-24-25(17-20)35-27(28-24)30(18-22-5-4-16-34-22)26(31)21-7-9-23(10-8-21)36(32,33)29-14-12-19(2)13-15-29/h6-11,17,19,22H,3-5,12-16,18H2,1-2H3. The fourth-order valence-corrected chi connectivity index (χ4v) is 7.34. The highest BCUT2D eigenvalue weighted by molar-refractivity contribution is 7.89. The number of carbonyl (C=O) groups is 1. The van der Waals surface area contributed by atoms with Gasteiger partial charge in [-0.3, -0.25) is 9.69 Å². The van der Waals surface area contributed by atoms with Crippen LogP contribution in [-0.2, 0) is 21.2 Å². The molecule has 1 atom stereocenters. The number of anilines is 1. The normalized spacial score (nSPS) is 19.7. The first kappa shape index (κ1) is 25.3. The smallest absolute Gasteiger partial charge is 0.260 e. The summed E-state index contributed by atoms with van der Waals surface area (Å²) in [6.07, 6.45) is 4.53. The van der Waals surface area contributed by atoms with Crippen LogP contribution in [0.1, 0.15) is 55.5 Å². The van der Waals surface area contributed by atoms with Crippen molar-refractivity contribution in [2.24, 2.45) is 5.92 Å². The molecule has 192 valence electrons. The lowest BCUT2D eigenvalue weighted by Crippen LogP contribution is -2.38. The van der Waals surface area contributed by atoms with Crippen LogP contribution in [0.25, 0.3) is 10.2 Å². The average Bonchev–Trinajstić information content (AvgIpc) is 3.56. The van der Waals surface area contributed by atoms with Crippen molar-refractivity contribution in [3.63, 3.8) is 0 Å². The highest BCUT2D eigenvalue weighted by Gasteiger charge is 2.30. The number of nitrogens with zero attached hydrogens (tertiary/aromatic N) is 3. The van der Waals surface area contributed by atoms with Gasteiger partial charge in [-0.05, 0) is 80.0 Å². The molecule has 0 saturated carbocycles. The highest BCUT2D eigenvalue weighted by Crippen LogP contribution is 2.32. The van der Waals surface area contributed by atoms with E-state index in [1.54, 1.807) is 33.5 Å². The molecular formula is C27H33N3O4S2. The maximum Gasteiger partial charge on any atom is 0.260 e. The van der Waals surface area contributed by atoms with E-state index < -0.39 is 10.0 Å². The van der Waals surface area contributed by atoms with E-state index in [9.17, 15) is 13.2 Å². The van der Waals surface area contributed by atoms with Crippen LogP contribution >= 0.6 is 11.3 Å². The lowest BCUT2D eigenvalue weighted by atomic mass is 10.0. The number of thiazole rings is 1. The van der Waals surface area contributed by atoms with Gasteiger partial charge in [0.05, 0.1) is 27.8 Å². The number of hydrogen-bond donors (Lipinski definition) is 0. The Morgan fingerprint density at radius 1 is 1.14 bits per heavy atom. The number of aryl methyl sites for hydroxylation is 1. The van der Waals surface area contributed by atoms with Gasteiger partial charge in [-0.1, -0.05) is 31.3 Å². The maximum atomic E-state index is 13.7. The number of benzene rings is 2. The number of sulfonamides is 1. The van der Waals surface area contributed by atoms with E-state index in [4.69, 9.17) is 9.72 Å². The lowest BCUT2D eigenvalue weighted by molar-refractivity contribution is 0.0917. The first-order valence-corrected chi connectivity index (χ1v) is 15.0. The monoisotopic (exact) mass is 527 g/mol. The number of aromatic nitrogens is 1. The van der Waals surface area contributed by atoms with Crippen LogP contribution in [0.2, 0.25) is 0 Å². The molecule has 0 radical (unpaired) electrons. The highest BCUT2D eigenvalue weighted by atomic mass is 32.2. The molecule has 1 aromatic heterocycles. The number of fused-ring (bicyclic) bond motifs is 1. The second-order valence-electron chi connectivity index (χ2n) is 9.81. The minimum absolute atomic E-state index is 0.0340. The van der Waals surface area contributed by atoms with Gasteiger partial charge in [-0.25, -0.2) is 13.4 Å². The van der Waals surface area contributed by atoms with Crippen molar-refractivity contribution in [3.05, 3.63) is 53.6 Å². The molecule has 3 heterocycles. The third kappa shape index (κ3) is 5.20. The van der Waals surface area contributed by atoms with Crippen LogP contribution in [0, 0.1) is 5.92 Å². The molecule has 2 aliphatic rings. The number of amides is 1. The fourth-order valence-electron chi connectivity index (χ4n) is 4.83. The Labute approximate surface area is 217 Å². The van der Waals surface area contributed by atoms with E-state index in [0.29, 0.717) is 42.9 Å². The Bertz CT molecular complexity index is 1320. The zero-order valence-corrected chi connectivity index (χ0v) is 22.5. The topological polar surface area (TPSA) is 79.8 Å². The summed E-state index contributed by atoms with van der Waals surface area (Å²) in [6, 6.07) is 12.5. The van der Waals surface area contributed by atoms with E-state index in [0.717, 1.165) is 42.3 Å². The first-order valence-electron chi connectivity index (χ1n) is 12.8. The zero-order chi connectivity index (χ0) is 25.3. The van der Waals surface area contributed by atoms with Crippen molar-refractivity contribution in [1.29, 1.82) is 0 Å². The van der Waals surface area contributed by atoms with Crippen molar-refractivity contribution in [2.75, 3.05) is 31.1 Å². The van der Waals surface area contributed by atoms with Gasteiger partial charge in [0, 0.05) is 25.3 Å². The van der Waals surface area contributed by atoms with Crippen molar-refractivity contribution in [2.45, 2.75) is 57.0 Å². The van der Waals surface area contributed by atoms with Gasteiger partial charge in [0.25, 0.3) is 5.91 Å². The summed E-state index contributed by atoms with van der Waals surface area (Å²) in [4.78, 5) is 20.4. The minimum Gasteiger partial charge on any atom is -0.376 e. The second-order valence-corrected chi connectivity index (χ2v) is 12.8. The number of rotatable bonds is 7. The van der Waals surface area contributed by atoms with Gasteiger partial charge in [-0.15, -0.1) is 0 Å². The van der Waals surface area contributed by atoms with Crippen LogP contribution in [-0.4, -0.2) is 56.0 Å². The van der Waals surface area contributed by atoms with Gasteiger partial charge in [0.1, 0.15) is 0 Å². The zero-order valence-electron chi connectivity index (χ0n) is 20.9. The Hall–Kier alpha value is -2.33. The van der Waals surface area contributed by atoms with Gasteiger partial charge < -0.3 is 4.74 Å². The van der Waals surface area contributed by atoms with Crippen LogP contribution in [0.4, 0.5) is 5.13 Å². The molecule has 9 heteroatoms. The van der Waals surface area contributed by atoms with Crippen LogP contribution in [0.15, 0.2) is 47.4 Å². The molecule has 2 saturated heterocycles. The van der Waals surface area contributed by atoms with Crippen molar-refractivity contribution < 1.29 is 17.9 Å². The fraction of sp³-hybridized carbons (Fsp3) is 0.481. The minimum atomic E-state index is -3.56. The number of ether oxygens (including phenoxy) is 1. The number of carbonyl (C=O) groups excluding carboxylic acids is 1. The van der Waals surface area contributed by atoms with E-state index >= 15 is 0 Å². The molecule has 1 amide bonds. The molecule has 3 aromatic rings. The second kappa shape index (κ2) is 10.6. The summed E-state index contributed by atoms with van der Waals surface area (Å²) in [5, 5.41) is 0.637. The first-order chi connectivity index (χ1) is 17.3. The predicted molar refractivity (Wildman–Crippen MR) is 143 cm³/mol. The molecule has 36 heavy (non-hydrogen) atoms. The molecule has 7 nitrogen and oxygen atoms in total. The average molecular weight is 528 g/mol. The molecule has 1 unspecified atom stereocenters. The molecule has 0 spiro atoms. The summed E-state index contributed by atoms with van der Waals surface area (Å²) in [6.45, 7) is 6.47. The van der Waals surface area contributed by atoms with Crippen molar-refractivity contribution >= 4 is 42.6 Å². The maximum absolute atomic E-state index is 13.7. The van der Waals surface area contributed by atoms with Gasteiger partial charge in [0.15, 0.2) is 5.13 Å². The number of piperidine rings is 1. The molecule has 0 N–H and O–H groups in total. The largest absolute Gasteiger partial charge is 0.376 e. The van der Waals surface area contributed by atoms with E-state index in [-0.39, 0.29) is 16.9 Å². The number of hydrogen-bond acceptors (Lipinski definition) is 6. The SMILES string of the molecule is CCc1ccc2nc(N(CC3CCCO3)C(=O)c3ccc(S(=O)(=O)N4CCC(C)CC4)cc3)sc2c1. The summed E-state index contributed by atoms with van der Waals surface area (Å²) in [5.74, 6) is 0.346. The third-order valence-corrected chi connectivity index (χ3v) is 10.2. The summed E-state index contributed by atoms with van der Waals surface area (Å²) < 4.78 is 34.7. The predicted octanol–water partition coefficient (Wildman–Crippen LogP) is 5.11. The van der Waals surface area contributed by atoms with Crippen molar-refractivity contribution in [3.8, 4) is 0 Å². The van der Waals surface area contributed by atoms with Crippen molar-refractivity contribution in [1.82, 2.24) is 9.29 Å². The van der Waals surface area contributed by atoms with Gasteiger partial charge in [0.2, 0.25) is 10.0 Å². The van der Waals surface area contributed by atoms with Gasteiger partial charge >= 0.3 is 0 Å². The molecular weight excluding hydrogens is 494 g/mol. The van der Waals surface area contributed by atoms with Gasteiger partial charge in [-0.2, -0.15) is 4.31 Å². The summed E-state index contributed by atoms with van der Waals surface area (Å²) >= 11 is 1.50. The Morgan fingerprint density at radius 2 is 1.89 bits per heavy atom. The van der Waals surface area contributed by atoms with Crippen LogP contribution in [0.3, 0.4) is 0 Å². The quantitative estimate of drug-likeness (QED) is 0.427. The lowest BCUT2D eigenvalue weighted by Gasteiger charge is -2.29. The molecule has 2 aromatic carbocycles. The molecule has 0 bridgehead atoms. The van der Waals surface area contributed by atoms with E-state index in [1.807, 2.05) is 6.07 Å². The molecule has 0 aliphatic carbocycles. The Kier molecular flexibility index (Phi) is 7.44. The summed E-state index contributed by atoms with van der Waals surface area (Å²) in [5.41, 5.74) is 2.54. The van der Waals surface area contributed by atoms with Crippen LogP contribution in [0.5, 0.6) is 0 Å².